The van der Waals surface area contributed by atoms with Gasteiger partial charge in [0.2, 0.25) is 0 Å². The fraction of sp³-hybridized carbons (Fsp3) is 0.130. The molecule has 0 aliphatic carbocycles. The zero-order valence-corrected chi connectivity index (χ0v) is 17.5. The van der Waals surface area contributed by atoms with Crippen molar-refractivity contribution in [1.82, 2.24) is 9.88 Å². The third-order valence-corrected chi connectivity index (χ3v) is 4.76. The van der Waals surface area contributed by atoms with Crippen molar-refractivity contribution in [2.75, 3.05) is 18.4 Å². The van der Waals surface area contributed by atoms with Gasteiger partial charge in [-0.25, -0.2) is 8.78 Å². The first-order valence-corrected chi connectivity index (χ1v) is 9.81. The third kappa shape index (κ3) is 5.29. The lowest BCUT2D eigenvalue weighted by atomic mass is 10.1. The van der Waals surface area contributed by atoms with Crippen LogP contribution < -0.4 is 16.2 Å². The number of halogens is 2. The zero-order valence-electron chi connectivity index (χ0n) is 17.5. The van der Waals surface area contributed by atoms with E-state index in [4.69, 9.17) is 9.90 Å². The lowest BCUT2D eigenvalue weighted by Gasteiger charge is -2.12. The van der Waals surface area contributed by atoms with Crippen LogP contribution in [0.4, 0.5) is 14.5 Å². The molecule has 0 saturated carbocycles. The summed E-state index contributed by atoms with van der Waals surface area (Å²) < 4.78 is 28.7. The molecule has 10 heteroatoms. The Bertz CT molecular complexity index is 1290. The van der Waals surface area contributed by atoms with Gasteiger partial charge in [-0.3, -0.25) is 23.9 Å². The molecule has 0 spiro atoms. The second-order valence-corrected chi connectivity index (χ2v) is 6.94. The van der Waals surface area contributed by atoms with Crippen molar-refractivity contribution < 1.29 is 23.5 Å². The predicted octanol–water partition coefficient (Wildman–Crippen LogP) is 2.73. The fourth-order valence-electron chi connectivity index (χ4n) is 3.29. The summed E-state index contributed by atoms with van der Waals surface area (Å²) in [6.45, 7) is 2.80. The van der Waals surface area contributed by atoms with Gasteiger partial charge in [-0.15, -0.1) is 0 Å². The molecule has 0 radical (unpaired) electrons. The summed E-state index contributed by atoms with van der Waals surface area (Å²) in [7, 11) is 0. The van der Waals surface area contributed by atoms with Gasteiger partial charge in [0.1, 0.15) is 23.0 Å². The first-order valence-electron chi connectivity index (χ1n) is 9.81. The summed E-state index contributed by atoms with van der Waals surface area (Å²) in [4.78, 5) is 38.5. The monoisotopic (exact) mass is 454 g/mol. The average Bonchev–Trinajstić information content (AvgIpc) is 3.32. The van der Waals surface area contributed by atoms with Gasteiger partial charge in [-0.2, -0.15) is 0 Å². The molecule has 0 saturated heterocycles. The van der Waals surface area contributed by atoms with Crippen LogP contribution in [0.5, 0.6) is 0 Å². The van der Waals surface area contributed by atoms with Gasteiger partial charge in [0.05, 0.1) is 12.2 Å². The zero-order chi connectivity index (χ0) is 24.0. The molecule has 1 aliphatic rings. The Hall–Kier alpha value is -4.34. The van der Waals surface area contributed by atoms with Crippen LogP contribution in [0.15, 0.2) is 64.5 Å². The SMILES string of the molecule is Cc1ccn(-c2cc(F)ccc2F)c(=O)c1C(=O)Nc1cccc(C2=NCCN2)c1.O=CO. The molecule has 0 bridgehead atoms. The maximum atomic E-state index is 14.2. The Morgan fingerprint density at radius 2 is 1.97 bits per heavy atom. The van der Waals surface area contributed by atoms with Crippen LogP contribution in [0.1, 0.15) is 21.5 Å². The van der Waals surface area contributed by atoms with Gasteiger partial charge in [-0.05, 0) is 42.8 Å². The number of benzene rings is 2. The summed E-state index contributed by atoms with van der Waals surface area (Å²) in [5, 5.41) is 12.8. The first-order chi connectivity index (χ1) is 15.8. The van der Waals surface area contributed by atoms with Crippen LogP contribution in [0.3, 0.4) is 0 Å². The number of carbonyl (C=O) groups excluding carboxylic acids is 1. The van der Waals surface area contributed by atoms with E-state index in [1.165, 1.54) is 12.3 Å². The van der Waals surface area contributed by atoms with Crippen molar-refractivity contribution in [1.29, 1.82) is 0 Å². The summed E-state index contributed by atoms with van der Waals surface area (Å²) in [6.07, 6.45) is 1.32. The number of amidine groups is 1. The number of hydrogen-bond acceptors (Lipinski definition) is 5. The highest BCUT2D eigenvalue weighted by Crippen LogP contribution is 2.17. The maximum Gasteiger partial charge on any atom is 0.290 e. The normalized spacial score (nSPS) is 12.2. The number of nitrogens with zero attached hydrogens (tertiary/aromatic N) is 2. The lowest BCUT2D eigenvalue weighted by Crippen LogP contribution is -2.30. The minimum absolute atomic E-state index is 0.150. The van der Waals surface area contributed by atoms with Gasteiger partial charge in [0, 0.05) is 30.1 Å². The molecular formula is C23H20F2N4O4. The maximum absolute atomic E-state index is 14.2. The number of carbonyl (C=O) groups is 2. The molecule has 1 aromatic heterocycles. The topological polar surface area (TPSA) is 113 Å². The number of aryl methyl sites for hydroxylation is 1. The molecule has 2 heterocycles. The van der Waals surface area contributed by atoms with Crippen molar-refractivity contribution >= 4 is 23.9 Å². The smallest absolute Gasteiger partial charge is 0.290 e. The molecule has 0 unspecified atom stereocenters. The van der Waals surface area contributed by atoms with E-state index in [0.717, 1.165) is 40.7 Å². The fourth-order valence-corrected chi connectivity index (χ4v) is 3.29. The van der Waals surface area contributed by atoms with E-state index in [1.54, 1.807) is 25.1 Å². The van der Waals surface area contributed by atoms with E-state index in [0.29, 0.717) is 17.8 Å². The van der Waals surface area contributed by atoms with Gasteiger partial charge < -0.3 is 15.7 Å². The highest BCUT2D eigenvalue weighted by atomic mass is 19.1. The quantitative estimate of drug-likeness (QED) is 0.525. The highest BCUT2D eigenvalue weighted by Gasteiger charge is 2.19. The Morgan fingerprint density at radius 3 is 2.67 bits per heavy atom. The average molecular weight is 454 g/mol. The summed E-state index contributed by atoms with van der Waals surface area (Å²) in [6, 6.07) is 11.4. The van der Waals surface area contributed by atoms with E-state index >= 15 is 0 Å². The van der Waals surface area contributed by atoms with Crippen LogP contribution in [0.25, 0.3) is 5.69 Å². The molecule has 3 aromatic rings. The number of amides is 1. The number of carboxylic acid groups (broad SMARTS) is 1. The van der Waals surface area contributed by atoms with Gasteiger partial charge in [0.25, 0.3) is 17.9 Å². The van der Waals surface area contributed by atoms with E-state index in [9.17, 15) is 18.4 Å². The molecule has 0 fully saturated rings. The van der Waals surface area contributed by atoms with E-state index < -0.39 is 23.1 Å². The van der Waals surface area contributed by atoms with Crippen LogP contribution >= 0.6 is 0 Å². The summed E-state index contributed by atoms with van der Waals surface area (Å²) in [5.41, 5.74) is 0.567. The molecule has 170 valence electrons. The predicted molar refractivity (Wildman–Crippen MR) is 119 cm³/mol. The number of anilines is 1. The van der Waals surface area contributed by atoms with Crippen molar-refractivity contribution in [3.63, 3.8) is 0 Å². The molecule has 2 aromatic carbocycles. The Labute approximate surface area is 187 Å². The minimum Gasteiger partial charge on any atom is -0.483 e. The van der Waals surface area contributed by atoms with Crippen LogP contribution in [-0.2, 0) is 4.79 Å². The van der Waals surface area contributed by atoms with Gasteiger partial charge in [0.15, 0.2) is 0 Å². The second kappa shape index (κ2) is 10.3. The molecule has 3 N–H and O–H groups in total. The number of hydrogen-bond donors (Lipinski definition) is 3. The molecule has 33 heavy (non-hydrogen) atoms. The van der Waals surface area contributed by atoms with Crippen molar-refractivity contribution in [3.05, 3.63) is 93.4 Å². The molecule has 4 rings (SSSR count). The van der Waals surface area contributed by atoms with Gasteiger partial charge in [-0.1, -0.05) is 12.1 Å². The highest BCUT2D eigenvalue weighted by molar-refractivity contribution is 6.06. The second-order valence-electron chi connectivity index (χ2n) is 6.94. The Kier molecular flexibility index (Phi) is 7.29. The summed E-state index contributed by atoms with van der Waals surface area (Å²) in [5.74, 6) is -1.36. The van der Waals surface area contributed by atoms with Gasteiger partial charge >= 0.3 is 0 Å². The lowest BCUT2D eigenvalue weighted by molar-refractivity contribution is -0.122. The Balaban J connectivity index is 0.000000968. The number of aromatic nitrogens is 1. The molecular weight excluding hydrogens is 434 g/mol. The third-order valence-electron chi connectivity index (χ3n) is 4.76. The van der Waals surface area contributed by atoms with E-state index in [1.807, 2.05) is 6.07 Å². The van der Waals surface area contributed by atoms with Crippen molar-refractivity contribution in [2.45, 2.75) is 6.92 Å². The van der Waals surface area contributed by atoms with Crippen LogP contribution in [-0.4, -0.2) is 41.0 Å². The molecule has 1 amide bonds. The molecule has 0 atom stereocenters. The van der Waals surface area contributed by atoms with E-state index in [2.05, 4.69) is 15.6 Å². The van der Waals surface area contributed by atoms with Crippen LogP contribution in [0, 0.1) is 18.6 Å². The van der Waals surface area contributed by atoms with Crippen LogP contribution in [0.2, 0.25) is 0 Å². The van der Waals surface area contributed by atoms with Crippen molar-refractivity contribution in [3.8, 4) is 5.69 Å². The number of pyridine rings is 1. The van der Waals surface area contributed by atoms with Crippen molar-refractivity contribution in [2.24, 2.45) is 4.99 Å². The minimum atomic E-state index is -0.772. The molecule has 8 nitrogen and oxygen atoms in total. The Morgan fingerprint density at radius 1 is 1.21 bits per heavy atom. The number of aliphatic imine (C=N–C) groups is 1. The first kappa shape index (κ1) is 23.3. The summed E-state index contributed by atoms with van der Waals surface area (Å²) >= 11 is 0. The number of rotatable bonds is 4. The van der Waals surface area contributed by atoms with E-state index in [-0.39, 0.29) is 17.7 Å². The standard InChI is InChI=1S/C22H18F2N4O2.CH2O2/c1-13-7-10-28(18-12-15(23)5-6-17(18)24)22(30)19(13)21(29)27-16-4-2-3-14(11-16)20-25-8-9-26-20;2-1-3/h2-7,10-12H,8-9H2,1H3,(H,25,26)(H,27,29);1H,(H,2,3). The largest absolute Gasteiger partial charge is 0.483 e. The molecule has 1 aliphatic heterocycles. The number of nitrogens with one attached hydrogen (secondary N) is 2.